The lowest BCUT2D eigenvalue weighted by Gasteiger charge is -2.11. The Morgan fingerprint density at radius 1 is 1.08 bits per heavy atom. The second-order valence-corrected chi connectivity index (χ2v) is 6.18. The molecule has 0 amide bonds. The maximum absolute atomic E-state index is 13.6. The zero-order chi connectivity index (χ0) is 17.5. The Hall–Kier alpha value is -2.36. The van der Waals surface area contributed by atoms with Crippen molar-refractivity contribution in [2.24, 2.45) is 0 Å². The molecule has 1 aromatic heterocycles. The lowest BCUT2D eigenvalue weighted by atomic mass is 10.1. The zero-order valence-electron chi connectivity index (χ0n) is 14.7. The standard InChI is InChI=1S/C20H26FN3/c1-14-11-16(3)20(24-13-14)23-10-6-5-9-22-17(4)18-8-7-15(2)19(21)12-18/h7-8,11-13,22H,4-6,9-10H2,1-3H3,(H,23,24). The monoisotopic (exact) mass is 327 g/mol. The minimum absolute atomic E-state index is 0.194. The van der Waals surface area contributed by atoms with Gasteiger partial charge in [-0.2, -0.15) is 0 Å². The van der Waals surface area contributed by atoms with Crippen LogP contribution in [0.3, 0.4) is 0 Å². The van der Waals surface area contributed by atoms with Crippen LogP contribution in [0, 0.1) is 26.6 Å². The van der Waals surface area contributed by atoms with Crippen molar-refractivity contribution in [2.75, 3.05) is 18.4 Å². The van der Waals surface area contributed by atoms with Gasteiger partial charge in [0, 0.05) is 25.0 Å². The van der Waals surface area contributed by atoms with Crippen LogP contribution in [0.15, 0.2) is 37.0 Å². The second-order valence-electron chi connectivity index (χ2n) is 6.18. The summed E-state index contributed by atoms with van der Waals surface area (Å²) in [4.78, 5) is 4.40. The molecule has 0 saturated heterocycles. The Balaban J connectivity index is 1.67. The third-order valence-corrected chi connectivity index (χ3v) is 3.97. The third-order valence-electron chi connectivity index (χ3n) is 3.97. The topological polar surface area (TPSA) is 37.0 Å². The molecule has 0 aliphatic carbocycles. The van der Waals surface area contributed by atoms with Crippen LogP contribution in [-0.2, 0) is 0 Å². The molecule has 0 radical (unpaired) electrons. The van der Waals surface area contributed by atoms with E-state index in [4.69, 9.17) is 0 Å². The number of aromatic nitrogens is 1. The molecule has 0 unspecified atom stereocenters. The van der Waals surface area contributed by atoms with E-state index in [2.05, 4.69) is 35.2 Å². The van der Waals surface area contributed by atoms with E-state index in [0.717, 1.165) is 43.0 Å². The van der Waals surface area contributed by atoms with Gasteiger partial charge in [-0.1, -0.05) is 24.8 Å². The number of nitrogens with zero attached hydrogens (tertiary/aromatic N) is 1. The summed E-state index contributed by atoms with van der Waals surface area (Å²) in [5, 5.41) is 6.62. The van der Waals surface area contributed by atoms with Crippen LogP contribution in [-0.4, -0.2) is 18.1 Å². The van der Waals surface area contributed by atoms with Crippen molar-refractivity contribution in [2.45, 2.75) is 33.6 Å². The molecule has 0 bridgehead atoms. The smallest absolute Gasteiger partial charge is 0.128 e. The van der Waals surface area contributed by atoms with E-state index >= 15 is 0 Å². The van der Waals surface area contributed by atoms with Crippen molar-refractivity contribution in [3.05, 3.63) is 65.1 Å². The van der Waals surface area contributed by atoms with Gasteiger partial charge in [0.15, 0.2) is 0 Å². The molecule has 0 aliphatic heterocycles. The lowest BCUT2D eigenvalue weighted by Crippen LogP contribution is -2.14. The number of rotatable bonds is 8. The molecule has 4 heteroatoms. The molecule has 0 spiro atoms. The number of anilines is 1. The van der Waals surface area contributed by atoms with Gasteiger partial charge in [-0.05, 0) is 61.9 Å². The van der Waals surface area contributed by atoms with Gasteiger partial charge in [-0.25, -0.2) is 9.37 Å². The number of nitrogens with one attached hydrogen (secondary N) is 2. The molecule has 1 aromatic carbocycles. The van der Waals surface area contributed by atoms with Gasteiger partial charge in [-0.15, -0.1) is 0 Å². The minimum atomic E-state index is -0.194. The average molecular weight is 327 g/mol. The fraction of sp³-hybridized carbons (Fsp3) is 0.350. The van der Waals surface area contributed by atoms with Crippen LogP contribution in [0.5, 0.6) is 0 Å². The molecular weight excluding hydrogens is 301 g/mol. The van der Waals surface area contributed by atoms with Gasteiger partial charge in [0.25, 0.3) is 0 Å². The van der Waals surface area contributed by atoms with E-state index in [-0.39, 0.29) is 5.82 Å². The zero-order valence-corrected chi connectivity index (χ0v) is 14.7. The van der Waals surface area contributed by atoms with Crippen molar-refractivity contribution < 1.29 is 4.39 Å². The van der Waals surface area contributed by atoms with Crippen molar-refractivity contribution in [1.82, 2.24) is 10.3 Å². The van der Waals surface area contributed by atoms with Gasteiger partial charge >= 0.3 is 0 Å². The van der Waals surface area contributed by atoms with Gasteiger partial charge in [0.1, 0.15) is 11.6 Å². The van der Waals surface area contributed by atoms with E-state index in [1.807, 2.05) is 19.2 Å². The minimum Gasteiger partial charge on any atom is -0.385 e. The van der Waals surface area contributed by atoms with Crippen molar-refractivity contribution in [3.8, 4) is 0 Å². The first-order valence-electron chi connectivity index (χ1n) is 8.34. The molecule has 128 valence electrons. The number of hydrogen-bond donors (Lipinski definition) is 2. The van der Waals surface area contributed by atoms with Crippen LogP contribution >= 0.6 is 0 Å². The normalized spacial score (nSPS) is 10.5. The highest BCUT2D eigenvalue weighted by Gasteiger charge is 2.03. The summed E-state index contributed by atoms with van der Waals surface area (Å²) in [7, 11) is 0. The van der Waals surface area contributed by atoms with Crippen LogP contribution in [0.1, 0.15) is 35.1 Å². The van der Waals surface area contributed by atoms with Crippen molar-refractivity contribution in [3.63, 3.8) is 0 Å². The van der Waals surface area contributed by atoms with E-state index < -0.39 is 0 Å². The predicted molar refractivity (Wildman–Crippen MR) is 99.6 cm³/mol. The first kappa shape index (κ1) is 18.0. The quantitative estimate of drug-likeness (QED) is 0.696. The van der Waals surface area contributed by atoms with Crippen LogP contribution in [0.2, 0.25) is 0 Å². The highest BCUT2D eigenvalue weighted by Crippen LogP contribution is 2.15. The lowest BCUT2D eigenvalue weighted by molar-refractivity contribution is 0.617. The number of benzene rings is 1. The molecule has 0 fully saturated rings. The molecule has 0 saturated carbocycles. The third kappa shape index (κ3) is 5.08. The number of unbranched alkanes of at least 4 members (excludes halogenated alkanes) is 1. The second kappa shape index (κ2) is 8.48. The highest BCUT2D eigenvalue weighted by atomic mass is 19.1. The van der Waals surface area contributed by atoms with E-state index in [0.29, 0.717) is 5.56 Å². The van der Waals surface area contributed by atoms with Crippen molar-refractivity contribution in [1.29, 1.82) is 0 Å². The first-order valence-corrected chi connectivity index (χ1v) is 8.34. The average Bonchev–Trinajstić information content (AvgIpc) is 2.54. The Morgan fingerprint density at radius 2 is 1.83 bits per heavy atom. The van der Waals surface area contributed by atoms with E-state index in [1.165, 1.54) is 17.2 Å². The van der Waals surface area contributed by atoms with Gasteiger partial charge in [0.2, 0.25) is 0 Å². The number of halogens is 1. The van der Waals surface area contributed by atoms with E-state index in [1.54, 1.807) is 13.0 Å². The molecule has 2 rings (SSSR count). The summed E-state index contributed by atoms with van der Waals surface area (Å²) in [5.41, 5.74) is 4.56. The van der Waals surface area contributed by atoms with E-state index in [9.17, 15) is 4.39 Å². The molecule has 2 N–H and O–H groups in total. The predicted octanol–water partition coefficient (Wildman–Crippen LogP) is 4.60. The Labute approximate surface area is 144 Å². The first-order chi connectivity index (χ1) is 11.5. The molecule has 3 nitrogen and oxygen atoms in total. The maximum Gasteiger partial charge on any atom is 0.128 e. The molecule has 1 heterocycles. The summed E-state index contributed by atoms with van der Waals surface area (Å²) in [6.45, 7) is 11.5. The summed E-state index contributed by atoms with van der Waals surface area (Å²) in [6, 6.07) is 7.32. The Morgan fingerprint density at radius 3 is 2.54 bits per heavy atom. The largest absolute Gasteiger partial charge is 0.385 e. The molecular formula is C20H26FN3. The maximum atomic E-state index is 13.6. The number of hydrogen-bond acceptors (Lipinski definition) is 3. The molecule has 2 aromatic rings. The van der Waals surface area contributed by atoms with Gasteiger partial charge < -0.3 is 10.6 Å². The molecule has 0 atom stereocenters. The Kier molecular flexibility index (Phi) is 6.36. The summed E-state index contributed by atoms with van der Waals surface area (Å²) >= 11 is 0. The molecule has 24 heavy (non-hydrogen) atoms. The van der Waals surface area contributed by atoms with Gasteiger partial charge in [-0.3, -0.25) is 0 Å². The van der Waals surface area contributed by atoms with Crippen LogP contribution < -0.4 is 10.6 Å². The SMILES string of the molecule is C=C(NCCCCNc1ncc(C)cc1C)c1ccc(C)c(F)c1. The van der Waals surface area contributed by atoms with Crippen molar-refractivity contribution >= 4 is 11.5 Å². The summed E-state index contributed by atoms with van der Waals surface area (Å²) in [5.74, 6) is 0.758. The highest BCUT2D eigenvalue weighted by molar-refractivity contribution is 5.61. The Bertz CT molecular complexity index is 710. The molecule has 0 aliphatic rings. The number of aryl methyl sites for hydroxylation is 3. The van der Waals surface area contributed by atoms with Crippen LogP contribution in [0.25, 0.3) is 5.70 Å². The van der Waals surface area contributed by atoms with Gasteiger partial charge in [0.05, 0.1) is 0 Å². The fourth-order valence-electron chi connectivity index (χ4n) is 2.48. The fourth-order valence-corrected chi connectivity index (χ4v) is 2.48. The van der Waals surface area contributed by atoms with Crippen LogP contribution in [0.4, 0.5) is 10.2 Å². The summed E-state index contributed by atoms with van der Waals surface area (Å²) in [6.07, 6.45) is 3.91. The number of pyridine rings is 1. The summed E-state index contributed by atoms with van der Waals surface area (Å²) < 4.78 is 13.6.